The molecule has 0 fully saturated rings. The topological polar surface area (TPSA) is 26.0 Å². The molecule has 1 aromatic rings. The zero-order chi connectivity index (χ0) is 11.9. The number of benzene rings is 1. The molecule has 1 aromatic carbocycles. The fourth-order valence-corrected chi connectivity index (χ4v) is 3.13. The van der Waals surface area contributed by atoms with Gasteiger partial charge >= 0.3 is 6.18 Å². The van der Waals surface area contributed by atoms with Crippen molar-refractivity contribution in [1.29, 1.82) is 0 Å². The maximum Gasteiger partial charge on any atom is 0.416 e. The van der Waals surface area contributed by atoms with Gasteiger partial charge in [-0.05, 0) is 31.0 Å². The first kappa shape index (κ1) is 11.8. The summed E-state index contributed by atoms with van der Waals surface area (Å²) < 4.78 is 38.2. The van der Waals surface area contributed by atoms with Gasteiger partial charge in [-0.1, -0.05) is 6.07 Å². The Morgan fingerprint density at radius 1 is 1.44 bits per heavy atom. The van der Waals surface area contributed by atoms with Crippen molar-refractivity contribution in [1.82, 2.24) is 0 Å². The van der Waals surface area contributed by atoms with Crippen molar-refractivity contribution in [3.63, 3.8) is 0 Å². The fourth-order valence-electron chi connectivity index (χ4n) is 1.85. The second-order valence-corrected chi connectivity index (χ2v) is 5.28. The van der Waals surface area contributed by atoms with Crippen LogP contribution in [0.5, 0.6) is 0 Å². The molecule has 0 radical (unpaired) electrons. The largest absolute Gasteiger partial charge is 0.416 e. The normalized spacial score (nSPS) is 21.9. The number of alkyl halides is 3. The average molecular weight is 247 g/mol. The van der Waals surface area contributed by atoms with Crippen LogP contribution in [0.25, 0.3) is 0 Å². The van der Waals surface area contributed by atoms with E-state index in [1.807, 2.05) is 6.92 Å². The zero-order valence-corrected chi connectivity index (χ0v) is 9.53. The van der Waals surface area contributed by atoms with Crippen LogP contribution in [0.4, 0.5) is 13.2 Å². The van der Waals surface area contributed by atoms with Gasteiger partial charge in [0.15, 0.2) is 0 Å². The third-order valence-corrected chi connectivity index (χ3v) is 4.24. The average Bonchev–Trinajstić information content (AvgIpc) is 2.58. The van der Waals surface area contributed by atoms with Gasteiger partial charge in [0.25, 0.3) is 0 Å². The second kappa shape index (κ2) is 3.96. The van der Waals surface area contributed by atoms with Crippen molar-refractivity contribution in [2.45, 2.75) is 35.7 Å². The molecule has 1 heterocycles. The highest BCUT2D eigenvalue weighted by atomic mass is 32.2. The molecule has 0 saturated heterocycles. The van der Waals surface area contributed by atoms with Crippen LogP contribution in [0.15, 0.2) is 23.1 Å². The van der Waals surface area contributed by atoms with Gasteiger partial charge in [0.1, 0.15) is 0 Å². The summed E-state index contributed by atoms with van der Waals surface area (Å²) in [4.78, 5) is 0.720. The monoisotopic (exact) mass is 247 g/mol. The quantitative estimate of drug-likeness (QED) is 0.825. The molecule has 0 spiro atoms. The molecule has 5 heteroatoms. The van der Waals surface area contributed by atoms with Gasteiger partial charge in [-0.3, -0.25) is 0 Å². The van der Waals surface area contributed by atoms with Crippen molar-refractivity contribution in [3.05, 3.63) is 29.3 Å². The minimum Gasteiger partial charge on any atom is -0.327 e. The Labute approximate surface area is 96.2 Å². The van der Waals surface area contributed by atoms with Crippen molar-refractivity contribution >= 4 is 11.8 Å². The fraction of sp³-hybridized carbons (Fsp3) is 0.455. The lowest BCUT2D eigenvalue weighted by Gasteiger charge is -2.13. The minimum absolute atomic E-state index is 0.0542. The third kappa shape index (κ3) is 2.06. The maximum atomic E-state index is 12.7. The number of thioether (sulfide) groups is 1. The van der Waals surface area contributed by atoms with E-state index in [1.165, 1.54) is 17.8 Å². The first-order valence-electron chi connectivity index (χ1n) is 5.01. The van der Waals surface area contributed by atoms with E-state index in [9.17, 15) is 13.2 Å². The maximum absolute atomic E-state index is 12.7. The molecule has 2 N–H and O–H groups in total. The summed E-state index contributed by atoms with van der Waals surface area (Å²) in [6.45, 7) is 1.83. The lowest BCUT2D eigenvalue weighted by Crippen LogP contribution is -2.28. The summed E-state index contributed by atoms with van der Waals surface area (Å²) >= 11 is 1.45. The summed E-state index contributed by atoms with van der Waals surface area (Å²) in [6.07, 6.45) is -3.86. The standard InChI is InChI=1S/C11H12F3NS/c1-6(15)10-5-7-8(11(12,13)14)3-2-4-9(7)16-10/h2-4,6,10H,5,15H2,1H3. The summed E-state index contributed by atoms with van der Waals surface area (Å²) in [5, 5.41) is 0.0542. The lowest BCUT2D eigenvalue weighted by atomic mass is 10.0. The Balaban J connectivity index is 2.39. The SMILES string of the molecule is CC(N)C1Cc2c(cccc2C(F)(F)F)S1. The third-order valence-electron chi connectivity index (χ3n) is 2.71. The number of halogens is 3. The van der Waals surface area contributed by atoms with Gasteiger partial charge in [-0.25, -0.2) is 0 Å². The van der Waals surface area contributed by atoms with Crippen molar-refractivity contribution in [3.8, 4) is 0 Å². The number of hydrogen-bond acceptors (Lipinski definition) is 2. The van der Waals surface area contributed by atoms with Crippen LogP contribution < -0.4 is 5.73 Å². The van der Waals surface area contributed by atoms with Gasteiger partial charge in [0.2, 0.25) is 0 Å². The molecule has 1 nitrogen and oxygen atoms in total. The summed E-state index contributed by atoms with van der Waals surface area (Å²) in [6, 6.07) is 4.23. The molecule has 0 aromatic heterocycles. The van der Waals surface area contributed by atoms with Crippen LogP contribution in [-0.2, 0) is 12.6 Å². The number of nitrogens with two attached hydrogens (primary N) is 1. The van der Waals surface area contributed by atoms with Crippen LogP contribution >= 0.6 is 11.8 Å². The van der Waals surface area contributed by atoms with Crippen molar-refractivity contribution < 1.29 is 13.2 Å². The van der Waals surface area contributed by atoms with Gasteiger partial charge in [-0.15, -0.1) is 11.8 Å². The molecule has 2 rings (SSSR count). The van der Waals surface area contributed by atoms with E-state index in [4.69, 9.17) is 5.73 Å². The van der Waals surface area contributed by atoms with E-state index in [0.29, 0.717) is 12.0 Å². The molecule has 0 bridgehead atoms. The van der Waals surface area contributed by atoms with E-state index >= 15 is 0 Å². The van der Waals surface area contributed by atoms with E-state index in [0.717, 1.165) is 11.0 Å². The molecule has 2 unspecified atom stereocenters. The number of hydrogen-bond donors (Lipinski definition) is 1. The highest BCUT2D eigenvalue weighted by Gasteiger charge is 2.37. The van der Waals surface area contributed by atoms with E-state index < -0.39 is 11.7 Å². The summed E-state index contributed by atoms with van der Waals surface area (Å²) in [7, 11) is 0. The summed E-state index contributed by atoms with van der Waals surface area (Å²) in [5.74, 6) is 0. The van der Waals surface area contributed by atoms with Crippen molar-refractivity contribution in [2.24, 2.45) is 5.73 Å². The Kier molecular flexibility index (Phi) is 2.92. The van der Waals surface area contributed by atoms with Gasteiger partial charge < -0.3 is 5.73 Å². The van der Waals surface area contributed by atoms with Crippen LogP contribution in [0, 0.1) is 0 Å². The molecule has 1 aliphatic heterocycles. The Morgan fingerprint density at radius 3 is 2.69 bits per heavy atom. The van der Waals surface area contributed by atoms with Gasteiger partial charge in [0, 0.05) is 16.2 Å². The Bertz CT molecular complexity index is 401. The lowest BCUT2D eigenvalue weighted by molar-refractivity contribution is -0.138. The second-order valence-electron chi connectivity index (χ2n) is 4.00. The Morgan fingerprint density at radius 2 is 2.12 bits per heavy atom. The van der Waals surface area contributed by atoms with Crippen LogP contribution in [0.3, 0.4) is 0 Å². The molecular weight excluding hydrogens is 235 g/mol. The van der Waals surface area contributed by atoms with Crippen LogP contribution in [0.1, 0.15) is 18.1 Å². The highest BCUT2D eigenvalue weighted by molar-refractivity contribution is 8.00. The van der Waals surface area contributed by atoms with E-state index in [2.05, 4.69) is 0 Å². The van der Waals surface area contributed by atoms with Crippen LogP contribution in [-0.4, -0.2) is 11.3 Å². The van der Waals surface area contributed by atoms with E-state index in [1.54, 1.807) is 6.07 Å². The van der Waals surface area contributed by atoms with Gasteiger partial charge in [-0.2, -0.15) is 13.2 Å². The van der Waals surface area contributed by atoms with Gasteiger partial charge in [0.05, 0.1) is 5.56 Å². The molecule has 2 atom stereocenters. The predicted octanol–water partition coefficient (Wildman–Crippen LogP) is 3.07. The highest BCUT2D eigenvalue weighted by Crippen LogP contribution is 2.44. The number of fused-ring (bicyclic) bond motifs is 1. The molecular formula is C11H12F3NS. The first-order valence-corrected chi connectivity index (χ1v) is 5.89. The van der Waals surface area contributed by atoms with Crippen molar-refractivity contribution in [2.75, 3.05) is 0 Å². The molecule has 0 aliphatic carbocycles. The minimum atomic E-state index is -4.27. The molecule has 16 heavy (non-hydrogen) atoms. The molecule has 88 valence electrons. The smallest absolute Gasteiger partial charge is 0.327 e. The Hall–Kier alpha value is -0.680. The van der Waals surface area contributed by atoms with E-state index in [-0.39, 0.29) is 11.3 Å². The zero-order valence-electron chi connectivity index (χ0n) is 8.71. The predicted molar refractivity (Wildman–Crippen MR) is 58.4 cm³/mol. The summed E-state index contributed by atoms with van der Waals surface area (Å²) in [5.41, 5.74) is 5.63. The molecule has 0 saturated carbocycles. The first-order chi connectivity index (χ1) is 7.39. The number of rotatable bonds is 1. The molecule has 0 amide bonds. The molecule has 1 aliphatic rings. The van der Waals surface area contributed by atoms with Crippen LogP contribution in [0.2, 0.25) is 0 Å².